The number of urea groups is 1. The summed E-state index contributed by atoms with van der Waals surface area (Å²) in [6, 6.07) is -0.601. The van der Waals surface area contributed by atoms with E-state index in [1.807, 2.05) is 0 Å². The van der Waals surface area contributed by atoms with Gasteiger partial charge >= 0.3 is 12.0 Å². The van der Waals surface area contributed by atoms with Crippen molar-refractivity contribution < 1.29 is 24.2 Å². The van der Waals surface area contributed by atoms with E-state index < -0.39 is 17.9 Å². The van der Waals surface area contributed by atoms with Crippen LogP contribution in [0.4, 0.5) is 4.79 Å². The van der Waals surface area contributed by atoms with Crippen LogP contribution in [0.2, 0.25) is 0 Å². The number of amides is 2. The van der Waals surface area contributed by atoms with Crippen molar-refractivity contribution >= 4 is 12.0 Å². The van der Waals surface area contributed by atoms with Crippen LogP contribution < -0.4 is 0 Å². The maximum absolute atomic E-state index is 12.4. The Labute approximate surface area is 124 Å². The van der Waals surface area contributed by atoms with Gasteiger partial charge in [0.05, 0.1) is 25.4 Å². The van der Waals surface area contributed by atoms with Gasteiger partial charge in [-0.1, -0.05) is 0 Å². The fraction of sp³-hybridized carbons (Fsp3) is 0.857. The Kier molecular flexibility index (Phi) is 5.41. The lowest BCUT2D eigenvalue weighted by atomic mass is 10.0. The van der Waals surface area contributed by atoms with Crippen LogP contribution in [0, 0.1) is 5.92 Å². The Morgan fingerprint density at radius 2 is 2.00 bits per heavy atom. The highest BCUT2D eigenvalue weighted by atomic mass is 16.5. The maximum Gasteiger partial charge on any atom is 0.319 e. The van der Waals surface area contributed by atoms with E-state index in [4.69, 9.17) is 14.6 Å². The minimum Gasteiger partial charge on any atom is -0.481 e. The second kappa shape index (κ2) is 7.09. The van der Waals surface area contributed by atoms with Gasteiger partial charge in [0.1, 0.15) is 5.92 Å². The standard InChI is InChI=1S/C14H24N2O5/c1-15(7-10-5-3-4-6-21-10)14(19)16(2)12-9-20-8-11(12)13(17)18/h10-12H,3-9H2,1-2H3,(H,17,18). The number of rotatable bonds is 4. The normalized spacial score (nSPS) is 29.1. The summed E-state index contributed by atoms with van der Waals surface area (Å²) in [5.41, 5.74) is 0. The van der Waals surface area contributed by atoms with Crippen LogP contribution in [0.5, 0.6) is 0 Å². The first-order chi connectivity index (χ1) is 10.0. The lowest BCUT2D eigenvalue weighted by molar-refractivity contribution is -0.142. The van der Waals surface area contributed by atoms with E-state index in [1.165, 1.54) is 4.90 Å². The molecule has 0 radical (unpaired) electrons. The molecule has 0 aromatic heterocycles. The van der Waals surface area contributed by atoms with Gasteiger partial charge in [-0.25, -0.2) is 4.79 Å². The Morgan fingerprint density at radius 3 is 2.62 bits per heavy atom. The van der Waals surface area contributed by atoms with Gasteiger partial charge in [-0.3, -0.25) is 4.79 Å². The van der Waals surface area contributed by atoms with E-state index in [2.05, 4.69) is 0 Å². The van der Waals surface area contributed by atoms with Gasteiger partial charge in [-0.05, 0) is 19.3 Å². The van der Waals surface area contributed by atoms with Crippen LogP contribution >= 0.6 is 0 Å². The summed E-state index contributed by atoms with van der Waals surface area (Å²) >= 11 is 0. The third-order valence-corrected chi connectivity index (χ3v) is 4.24. The van der Waals surface area contributed by atoms with Gasteiger partial charge in [0.15, 0.2) is 0 Å². The summed E-state index contributed by atoms with van der Waals surface area (Å²) in [5, 5.41) is 9.16. The van der Waals surface area contributed by atoms with Crippen LogP contribution in [0.1, 0.15) is 19.3 Å². The molecule has 2 saturated heterocycles. The summed E-state index contributed by atoms with van der Waals surface area (Å²) in [7, 11) is 3.36. The second-order valence-electron chi connectivity index (χ2n) is 5.81. The number of hydrogen-bond acceptors (Lipinski definition) is 4. The molecule has 2 rings (SSSR count). The van der Waals surface area contributed by atoms with Crippen molar-refractivity contribution in [3.8, 4) is 0 Å². The molecule has 0 bridgehead atoms. The van der Waals surface area contributed by atoms with Gasteiger partial charge in [-0.2, -0.15) is 0 Å². The molecule has 7 heteroatoms. The second-order valence-corrected chi connectivity index (χ2v) is 5.81. The first kappa shape index (κ1) is 16.0. The van der Waals surface area contributed by atoms with Crippen LogP contribution in [0.15, 0.2) is 0 Å². The number of nitrogens with zero attached hydrogens (tertiary/aromatic N) is 2. The zero-order valence-electron chi connectivity index (χ0n) is 12.7. The number of aliphatic carboxylic acids is 1. The summed E-state index contributed by atoms with van der Waals surface area (Å²) < 4.78 is 10.8. The van der Waals surface area contributed by atoms with Crippen LogP contribution in [0.25, 0.3) is 0 Å². The predicted octanol–water partition coefficient (Wildman–Crippen LogP) is 0.639. The van der Waals surface area contributed by atoms with E-state index in [0.29, 0.717) is 6.54 Å². The largest absolute Gasteiger partial charge is 0.481 e. The van der Waals surface area contributed by atoms with Crippen LogP contribution in [-0.4, -0.2) is 79.5 Å². The fourth-order valence-corrected chi connectivity index (χ4v) is 2.91. The number of ether oxygens (including phenoxy) is 2. The van der Waals surface area contributed by atoms with Gasteiger partial charge in [0.25, 0.3) is 0 Å². The molecular weight excluding hydrogens is 276 g/mol. The third-order valence-electron chi connectivity index (χ3n) is 4.24. The van der Waals surface area contributed by atoms with E-state index in [-0.39, 0.29) is 25.3 Å². The van der Waals surface area contributed by atoms with Crippen molar-refractivity contribution in [3.05, 3.63) is 0 Å². The molecule has 0 aromatic carbocycles. The number of carbonyl (C=O) groups is 2. The zero-order valence-corrected chi connectivity index (χ0v) is 12.7. The Bertz CT molecular complexity index is 384. The molecule has 7 nitrogen and oxygen atoms in total. The van der Waals surface area contributed by atoms with Gasteiger partial charge in [-0.15, -0.1) is 0 Å². The Balaban J connectivity index is 1.89. The minimum atomic E-state index is -0.921. The van der Waals surface area contributed by atoms with Crippen LogP contribution in [-0.2, 0) is 14.3 Å². The average molecular weight is 300 g/mol. The van der Waals surface area contributed by atoms with Crippen molar-refractivity contribution in [1.82, 2.24) is 9.80 Å². The lowest BCUT2D eigenvalue weighted by Crippen LogP contribution is -2.50. The molecule has 2 aliphatic rings. The van der Waals surface area contributed by atoms with Crippen molar-refractivity contribution in [2.45, 2.75) is 31.4 Å². The quantitative estimate of drug-likeness (QED) is 0.824. The maximum atomic E-state index is 12.4. The summed E-state index contributed by atoms with van der Waals surface area (Å²) in [4.78, 5) is 26.7. The highest BCUT2D eigenvalue weighted by molar-refractivity contribution is 5.77. The molecule has 120 valence electrons. The topological polar surface area (TPSA) is 79.3 Å². The van der Waals surface area contributed by atoms with Crippen molar-refractivity contribution in [2.24, 2.45) is 5.92 Å². The first-order valence-corrected chi connectivity index (χ1v) is 7.40. The molecule has 3 atom stereocenters. The highest BCUT2D eigenvalue weighted by Gasteiger charge is 2.39. The van der Waals surface area contributed by atoms with Gasteiger partial charge in [0, 0.05) is 27.2 Å². The number of hydrogen-bond donors (Lipinski definition) is 1. The van der Waals surface area contributed by atoms with Crippen molar-refractivity contribution in [2.75, 3.05) is 40.5 Å². The monoisotopic (exact) mass is 300 g/mol. The summed E-state index contributed by atoms with van der Waals surface area (Å²) in [6.45, 7) is 1.72. The van der Waals surface area contributed by atoms with E-state index in [0.717, 1.165) is 25.9 Å². The molecule has 2 aliphatic heterocycles. The molecule has 21 heavy (non-hydrogen) atoms. The zero-order chi connectivity index (χ0) is 15.4. The first-order valence-electron chi connectivity index (χ1n) is 7.40. The molecular formula is C14H24N2O5. The Morgan fingerprint density at radius 1 is 1.24 bits per heavy atom. The number of carboxylic acid groups (broad SMARTS) is 1. The predicted molar refractivity (Wildman–Crippen MR) is 75.1 cm³/mol. The van der Waals surface area contributed by atoms with Gasteiger partial charge in [0.2, 0.25) is 0 Å². The van der Waals surface area contributed by atoms with E-state index in [1.54, 1.807) is 19.0 Å². The fourth-order valence-electron chi connectivity index (χ4n) is 2.91. The molecule has 1 N–H and O–H groups in total. The summed E-state index contributed by atoms with van der Waals surface area (Å²) in [5.74, 6) is -1.58. The van der Waals surface area contributed by atoms with Gasteiger partial charge < -0.3 is 24.4 Å². The SMILES string of the molecule is CN(CC1CCCCO1)C(=O)N(C)C1COCC1C(=O)O. The number of carbonyl (C=O) groups excluding carboxylic acids is 1. The molecule has 0 saturated carbocycles. The van der Waals surface area contributed by atoms with Crippen molar-refractivity contribution in [3.63, 3.8) is 0 Å². The number of likely N-dealkylation sites (N-methyl/N-ethyl adjacent to an activating group) is 2. The number of carboxylic acids is 1. The summed E-state index contributed by atoms with van der Waals surface area (Å²) in [6.07, 6.45) is 3.25. The third kappa shape index (κ3) is 3.85. The smallest absolute Gasteiger partial charge is 0.319 e. The molecule has 0 spiro atoms. The molecule has 3 unspecified atom stereocenters. The molecule has 0 aliphatic carbocycles. The van der Waals surface area contributed by atoms with Crippen LogP contribution in [0.3, 0.4) is 0 Å². The minimum absolute atomic E-state index is 0.0798. The lowest BCUT2D eigenvalue weighted by Gasteiger charge is -2.33. The molecule has 0 aromatic rings. The molecule has 2 heterocycles. The molecule has 2 amide bonds. The van der Waals surface area contributed by atoms with Crippen molar-refractivity contribution in [1.29, 1.82) is 0 Å². The average Bonchev–Trinajstić information content (AvgIpc) is 2.96. The van der Waals surface area contributed by atoms with E-state index in [9.17, 15) is 9.59 Å². The Hall–Kier alpha value is -1.34. The van der Waals surface area contributed by atoms with E-state index >= 15 is 0 Å². The molecule has 2 fully saturated rings. The highest BCUT2D eigenvalue weighted by Crippen LogP contribution is 2.20.